The van der Waals surface area contributed by atoms with E-state index in [0.717, 1.165) is 16.7 Å². The van der Waals surface area contributed by atoms with E-state index in [-0.39, 0.29) is 18.3 Å². The molecule has 2 atom stereocenters. The second-order valence-corrected chi connectivity index (χ2v) is 5.89. The highest BCUT2D eigenvalue weighted by molar-refractivity contribution is 6.18. The molecule has 0 radical (unpaired) electrons. The van der Waals surface area contributed by atoms with Crippen LogP contribution in [-0.4, -0.2) is 18.4 Å². The van der Waals surface area contributed by atoms with Gasteiger partial charge in [0.1, 0.15) is 5.92 Å². The molecular formula is C21H20O3. The third kappa shape index (κ3) is 2.78. The van der Waals surface area contributed by atoms with Crippen LogP contribution >= 0.6 is 0 Å². The second kappa shape index (κ2) is 6.83. The molecule has 0 saturated heterocycles. The van der Waals surface area contributed by atoms with E-state index >= 15 is 0 Å². The van der Waals surface area contributed by atoms with E-state index in [9.17, 15) is 9.59 Å². The Balaban J connectivity index is 2.15. The molecule has 1 aliphatic carbocycles. The smallest absolute Gasteiger partial charge is 0.317 e. The number of Topliss-reactive ketones (excluding diaryl/α,β-unsaturated/α-hetero) is 1. The zero-order valence-corrected chi connectivity index (χ0v) is 13.9. The summed E-state index contributed by atoms with van der Waals surface area (Å²) in [7, 11) is 0. The lowest BCUT2D eigenvalue weighted by atomic mass is 9.82. The van der Waals surface area contributed by atoms with Crippen molar-refractivity contribution in [1.29, 1.82) is 0 Å². The Kier molecular flexibility index (Phi) is 4.61. The van der Waals surface area contributed by atoms with Gasteiger partial charge in [0.25, 0.3) is 0 Å². The summed E-state index contributed by atoms with van der Waals surface area (Å²) in [4.78, 5) is 25.3. The number of carbonyl (C=O) groups excluding carboxylic acids is 2. The van der Waals surface area contributed by atoms with Crippen LogP contribution < -0.4 is 0 Å². The highest BCUT2D eigenvalue weighted by atomic mass is 16.5. The Morgan fingerprint density at radius 1 is 1.00 bits per heavy atom. The third-order valence-electron chi connectivity index (χ3n) is 4.48. The van der Waals surface area contributed by atoms with Gasteiger partial charge >= 0.3 is 5.97 Å². The quantitative estimate of drug-likeness (QED) is 0.631. The van der Waals surface area contributed by atoms with Crippen LogP contribution in [0.15, 0.2) is 66.2 Å². The lowest BCUT2D eigenvalue weighted by molar-refractivity contribution is -0.150. The Labute approximate surface area is 142 Å². The van der Waals surface area contributed by atoms with Gasteiger partial charge in [0.2, 0.25) is 0 Å². The van der Waals surface area contributed by atoms with Gasteiger partial charge in [0.05, 0.1) is 6.61 Å². The van der Waals surface area contributed by atoms with Crippen molar-refractivity contribution >= 4 is 17.3 Å². The number of benzene rings is 2. The van der Waals surface area contributed by atoms with E-state index in [2.05, 4.69) is 0 Å². The molecule has 2 aromatic rings. The highest BCUT2D eigenvalue weighted by Crippen LogP contribution is 2.47. The van der Waals surface area contributed by atoms with Crippen LogP contribution in [0.25, 0.3) is 5.57 Å². The van der Waals surface area contributed by atoms with Crippen molar-refractivity contribution in [2.75, 3.05) is 6.61 Å². The Morgan fingerprint density at radius 2 is 1.58 bits per heavy atom. The highest BCUT2D eigenvalue weighted by Gasteiger charge is 2.46. The van der Waals surface area contributed by atoms with E-state index < -0.39 is 11.9 Å². The summed E-state index contributed by atoms with van der Waals surface area (Å²) in [5.74, 6) is -1.69. The van der Waals surface area contributed by atoms with Gasteiger partial charge < -0.3 is 4.74 Å². The van der Waals surface area contributed by atoms with Gasteiger partial charge in [-0.3, -0.25) is 9.59 Å². The first-order valence-electron chi connectivity index (χ1n) is 8.17. The zero-order chi connectivity index (χ0) is 17.1. The van der Waals surface area contributed by atoms with E-state index in [1.54, 1.807) is 13.8 Å². The number of ether oxygens (including phenoxy) is 1. The Bertz CT molecular complexity index is 775. The lowest BCUT2D eigenvalue weighted by Crippen LogP contribution is -2.28. The molecule has 0 heterocycles. The molecule has 0 N–H and O–H groups in total. The van der Waals surface area contributed by atoms with Crippen molar-refractivity contribution in [2.45, 2.75) is 19.8 Å². The number of ketones is 1. The van der Waals surface area contributed by atoms with Crippen molar-refractivity contribution in [3.8, 4) is 0 Å². The second-order valence-electron chi connectivity index (χ2n) is 5.89. The van der Waals surface area contributed by atoms with Gasteiger partial charge in [0, 0.05) is 5.92 Å². The fourth-order valence-corrected chi connectivity index (χ4v) is 3.43. The molecule has 0 spiro atoms. The van der Waals surface area contributed by atoms with Crippen LogP contribution in [0, 0.1) is 5.92 Å². The topological polar surface area (TPSA) is 43.4 Å². The zero-order valence-electron chi connectivity index (χ0n) is 13.9. The maximum absolute atomic E-state index is 12.8. The minimum atomic E-state index is -0.803. The third-order valence-corrected chi connectivity index (χ3v) is 4.48. The summed E-state index contributed by atoms with van der Waals surface area (Å²) in [6.45, 7) is 3.83. The fourth-order valence-electron chi connectivity index (χ4n) is 3.43. The fraction of sp³-hybridized carbons (Fsp3) is 0.238. The van der Waals surface area contributed by atoms with Gasteiger partial charge in [0.15, 0.2) is 5.78 Å². The average Bonchev–Trinajstić information content (AvgIpc) is 2.88. The number of hydrogen-bond donors (Lipinski definition) is 0. The van der Waals surface area contributed by atoms with Crippen LogP contribution in [0.3, 0.4) is 0 Å². The van der Waals surface area contributed by atoms with E-state index in [1.807, 2.05) is 60.7 Å². The first-order chi connectivity index (χ1) is 11.6. The first kappa shape index (κ1) is 16.2. The minimum absolute atomic E-state index is 0.138. The minimum Gasteiger partial charge on any atom is -0.465 e. The standard InChI is InChI=1S/C21H20O3/c1-3-24-21(23)19-18(16-12-8-5-9-13-16)17(14(2)20(19)22)15-10-6-4-7-11-15/h4-13,18-19H,3H2,1-2H3. The maximum Gasteiger partial charge on any atom is 0.317 e. The number of rotatable bonds is 4. The summed E-state index contributed by atoms with van der Waals surface area (Å²) in [6, 6.07) is 19.5. The lowest BCUT2D eigenvalue weighted by Gasteiger charge is -2.21. The number of allylic oxidation sites excluding steroid dienone is 2. The van der Waals surface area contributed by atoms with Crippen molar-refractivity contribution < 1.29 is 14.3 Å². The molecule has 2 unspecified atom stereocenters. The predicted octanol–water partition coefficient (Wildman–Crippen LogP) is 4.01. The normalized spacial score (nSPS) is 20.3. The molecule has 0 bridgehead atoms. The van der Waals surface area contributed by atoms with Gasteiger partial charge in [-0.2, -0.15) is 0 Å². The summed E-state index contributed by atoms with van der Waals surface area (Å²) in [5.41, 5.74) is 3.50. The van der Waals surface area contributed by atoms with Gasteiger partial charge in [-0.15, -0.1) is 0 Å². The van der Waals surface area contributed by atoms with Crippen molar-refractivity contribution in [1.82, 2.24) is 0 Å². The van der Waals surface area contributed by atoms with Crippen LogP contribution in [0.5, 0.6) is 0 Å². The molecule has 24 heavy (non-hydrogen) atoms. The molecule has 1 aliphatic rings. The Hall–Kier alpha value is -2.68. The van der Waals surface area contributed by atoms with Crippen LogP contribution in [0.2, 0.25) is 0 Å². The molecule has 0 aliphatic heterocycles. The Morgan fingerprint density at radius 3 is 2.17 bits per heavy atom. The van der Waals surface area contributed by atoms with Crippen molar-refractivity contribution in [2.24, 2.45) is 5.92 Å². The van der Waals surface area contributed by atoms with Gasteiger partial charge in [-0.05, 0) is 36.1 Å². The van der Waals surface area contributed by atoms with Crippen molar-refractivity contribution in [3.63, 3.8) is 0 Å². The number of carbonyl (C=O) groups is 2. The molecule has 3 nitrogen and oxygen atoms in total. The van der Waals surface area contributed by atoms with E-state index in [1.165, 1.54) is 0 Å². The molecule has 3 heteroatoms. The molecule has 3 rings (SSSR count). The van der Waals surface area contributed by atoms with Crippen LogP contribution in [-0.2, 0) is 14.3 Å². The maximum atomic E-state index is 12.8. The van der Waals surface area contributed by atoms with Gasteiger partial charge in [-0.25, -0.2) is 0 Å². The summed E-state index contributed by atoms with van der Waals surface area (Å²) >= 11 is 0. The molecular weight excluding hydrogens is 300 g/mol. The summed E-state index contributed by atoms with van der Waals surface area (Å²) in [5, 5.41) is 0. The first-order valence-corrected chi connectivity index (χ1v) is 8.17. The SMILES string of the molecule is CCOC(=O)C1C(=O)C(C)=C(c2ccccc2)C1c1ccccc1. The number of esters is 1. The molecule has 2 aromatic carbocycles. The molecule has 0 amide bonds. The van der Waals surface area contributed by atoms with E-state index in [0.29, 0.717) is 5.57 Å². The van der Waals surface area contributed by atoms with E-state index in [4.69, 9.17) is 4.74 Å². The molecule has 0 fully saturated rings. The monoisotopic (exact) mass is 320 g/mol. The number of hydrogen-bond acceptors (Lipinski definition) is 3. The summed E-state index contributed by atoms with van der Waals surface area (Å²) in [6.07, 6.45) is 0. The molecule has 0 saturated carbocycles. The summed E-state index contributed by atoms with van der Waals surface area (Å²) < 4.78 is 5.19. The van der Waals surface area contributed by atoms with Crippen LogP contribution in [0.1, 0.15) is 30.9 Å². The predicted molar refractivity (Wildman–Crippen MR) is 93.3 cm³/mol. The van der Waals surface area contributed by atoms with Crippen LogP contribution in [0.4, 0.5) is 0 Å². The van der Waals surface area contributed by atoms with Crippen molar-refractivity contribution in [3.05, 3.63) is 77.4 Å². The average molecular weight is 320 g/mol. The molecule has 122 valence electrons. The molecule has 0 aromatic heterocycles. The largest absolute Gasteiger partial charge is 0.465 e. The van der Waals surface area contributed by atoms with Gasteiger partial charge in [-0.1, -0.05) is 60.7 Å².